The van der Waals surface area contributed by atoms with Gasteiger partial charge in [-0.2, -0.15) is 0 Å². The highest BCUT2D eigenvalue weighted by atomic mass is 16.2. The first-order chi connectivity index (χ1) is 13.4. The van der Waals surface area contributed by atoms with E-state index in [2.05, 4.69) is 12.6 Å². The van der Waals surface area contributed by atoms with Crippen molar-refractivity contribution in [1.82, 2.24) is 9.80 Å². The van der Waals surface area contributed by atoms with Crippen LogP contribution in [0.3, 0.4) is 0 Å². The molecule has 150 valence electrons. The van der Waals surface area contributed by atoms with Crippen LogP contribution in [0.1, 0.15) is 37.3 Å². The molecule has 6 nitrogen and oxygen atoms in total. The Morgan fingerprint density at radius 3 is 2.61 bits per heavy atom. The summed E-state index contributed by atoms with van der Waals surface area (Å²) < 4.78 is 0. The summed E-state index contributed by atoms with van der Waals surface area (Å²) in [4.78, 5) is 41.2. The SMILES string of the molecule is C=CC(=O)N(Cc1ccc2c(c1)CCC(=O)N2C)CC1CCN(C(C)=O)CC1. The number of nitrogens with zero attached hydrogens (tertiary/aromatic N) is 3. The lowest BCUT2D eigenvalue weighted by molar-refractivity contribution is -0.131. The molecule has 2 aliphatic heterocycles. The van der Waals surface area contributed by atoms with Gasteiger partial charge in [-0.3, -0.25) is 14.4 Å². The monoisotopic (exact) mass is 383 g/mol. The summed E-state index contributed by atoms with van der Waals surface area (Å²) >= 11 is 0. The van der Waals surface area contributed by atoms with Crippen LogP contribution in [0.4, 0.5) is 5.69 Å². The Labute approximate surface area is 166 Å². The zero-order valence-corrected chi connectivity index (χ0v) is 16.8. The fourth-order valence-corrected chi connectivity index (χ4v) is 4.13. The third kappa shape index (κ3) is 4.43. The van der Waals surface area contributed by atoms with Crippen molar-refractivity contribution in [3.8, 4) is 0 Å². The van der Waals surface area contributed by atoms with E-state index < -0.39 is 0 Å². The largest absolute Gasteiger partial charge is 0.343 e. The number of fused-ring (bicyclic) bond motifs is 1. The Hall–Kier alpha value is -2.63. The summed E-state index contributed by atoms with van der Waals surface area (Å²) in [5.74, 6) is 0.579. The smallest absolute Gasteiger partial charge is 0.246 e. The van der Waals surface area contributed by atoms with Gasteiger partial charge in [0.25, 0.3) is 0 Å². The molecule has 0 bridgehead atoms. The number of likely N-dealkylation sites (tertiary alicyclic amines) is 1. The molecular formula is C22H29N3O3. The number of piperidine rings is 1. The van der Waals surface area contributed by atoms with Gasteiger partial charge in [0, 0.05) is 52.3 Å². The van der Waals surface area contributed by atoms with E-state index in [0.717, 1.165) is 49.2 Å². The standard InChI is InChI=1S/C22H29N3O3/c1-4-21(27)25(14-17-9-11-24(12-10-17)16(2)26)15-18-5-7-20-19(13-18)6-8-22(28)23(20)3/h4-5,7,13,17H,1,6,8-12,14-15H2,2-3H3. The molecule has 1 aromatic rings. The summed E-state index contributed by atoms with van der Waals surface area (Å²) in [7, 11) is 1.81. The number of rotatable bonds is 5. The van der Waals surface area contributed by atoms with Gasteiger partial charge in [-0.15, -0.1) is 0 Å². The summed E-state index contributed by atoms with van der Waals surface area (Å²) in [6.45, 7) is 7.98. The molecule has 1 saturated heterocycles. The number of hydrogen-bond acceptors (Lipinski definition) is 3. The van der Waals surface area contributed by atoms with Crippen molar-refractivity contribution >= 4 is 23.4 Å². The molecule has 0 atom stereocenters. The van der Waals surface area contributed by atoms with Gasteiger partial charge < -0.3 is 14.7 Å². The van der Waals surface area contributed by atoms with Gasteiger partial charge in [-0.25, -0.2) is 0 Å². The van der Waals surface area contributed by atoms with E-state index in [1.54, 1.807) is 18.9 Å². The average molecular weight is 383 g/mol. The zero-order chi connectivity index (χ0) is 20.3. The number of carbonyl (C=O) groups is 3. The van der Waals surface area contributed by atoms with Gasteiger partial charge in [-0.1, -0.05) is 18.7 Å². The van der Waals surface area contributed by atoms with Crippen LogP contribution in [0.2, 0.25) is 0 Å². The Balaban J connectivity index is 1.68. The number of carbonyl (C=O) groups excluding carboxylic acids is 3. The molecule has 0 N–H and O–H groups in total. The Kier molecular flexibility index (Phi) is 6.17. The maximum absolute atomic E-state index is 12.4. The lowest BCUT2D eigenvalue weighted by Gasteiger charge is -2.34. The first-order valence-electron chi connectivity index (χ1n) is 9.94. The van der Waals surface area contributed by atoms with Crippen LogP contribution in [0, 0.1) is 5.92 Å². The average Bonchev–Trinajstić information content (AvgIpc) is 2.70. The molecule has 0 saturated carbocycles. The lowest BCUT2D eigenvalue weighted by atomic mass is 9.95. The molecule has 2 aliphatic rings. The first kappa shape index (κ1) is 20.1. The molecule has 1 aromatic carbocycles. The van der Waals surface area contributed by atoms with Gasteiger partial charge in [0.2, 0.25) is 17.7 Å². The predicted molar refractivity (Wildman–Crippen MR) is 109 cm³/mol. The molecule has 1 fully saturated rings. The number of benzene rings is 1. The molecule has 0 radical (unpaired) electrons. The minimum absolute atomic E-state index is 0.0704. The van der Waals surface area contributed by atoms with E-state index in [0.29, 0.717) is 25.4 Å². The van der Waals surface area contributed by atoms with E-state index in [1.807, 2.05) is 21.9 Å². The maximum Gasteiger partial charge on any atom is 0.246 e. The molecule has 0 unspecified atom stereocenters. The molecule has 2 heterocycles. The van der Waals surface area contributed by atoms with Crippen molar-refractivity contribution in [3.63, 3.8) is 0 Å². The summed E-state index contributed by atoms with van der Waals surface area (Å²) in [6.07, 6.45) is 4.47. The highest BCUT2D eigenvalue weighted by Crippen LogP contribution is 2.28. The van der Waals surface area contributed by atoms with Crippen LogP contribution in [0.5, 0.6) is 0 Å². The summed E-state index contributed by atoms with van der Waals surface area (Å²) in [5.41, 5.74) is 3.18. The van der Waals surface area contributed by atoms with E-state index in [-0.39, 0.29) is 17.7 Å². The van der Waals surface area contributed by atoms with Crippen LogP contribution in [-0.4, -0.2) is 54.2 Å². The molecule has 0 aliphatic carbocycles. The molecular weight excluding hydrogens is 354 g/mol. The first-order valence-corrected chi connectivity index (χ1v) is 9.94. The summed E-state index contributed by atoms with van der Waals surface area (Å²) in [6, 6.07) is 6.08. The topological polar surface area (TPSA) is 60.9 Å². The third-order valence-corrected chi connectivity index (χ3v) is 5.89. The quantitative estimate of drug-likeness (QED) is 0.734. The highest BCUT2D eigenvalue weighted by Gasteiger charge is 2.25. The Bertz CT molecular complexity index is 781. The van der Waals surface area contributed by atoms with Crippen LogP contribution >= 0.6 is 0 Å². The fourth-order valence-electron chi connectivity index (χ4n) is 4.13. The number of aryl methyl sites for hydroxylation is 1. The zero-order valence-electron chi connectivity index (χ0n) is 16.8. The van der Waals surface area contributed by atoms with E-state index in [1.165, 1.54) is 6.08 Å². The Morgan fingerprint density at radius 2 is 1.96 bits per heavy atom. The second-order valence-electron chi connectivity index (χ2n) is 7.79. The van der Waals surface area contributed by atoms with Gasteiger partial charge in [0.1, 0.15) is 0 Å². The van der Waals surface area contributed by atoms with Crippen molar-refractivity contribution < 1.29 is 14.4 Å². The fraction of sp³-hybridized carbons (Fsp3) is 0.500. The molecule has 3 amide bonds. The van der Waals surface area contributed by atoms with Gasteiger partial charge in [-0.05, 0) is 48.4 Å². The van der Waals surface area contributed by atoms with Crippen molar-refractivity contribution in [1.29, 1.82) is 0 Å². The van der Waals surface area contributed by atoms with Crippen molar-refractivity contribution in [2.45, 2.75) is 39.2 Å². The number of amides is 3. The lowest BCUT2D eigenvalue weighted by Crippen LogP contribution is -2.41. The minimum Gasteiger partial charge on any atom is -0.343 e. The molecule has 28 heavy (non-hydrogen) atoms. The van der Waals surface area contributed by atoms with Crippen LogP contribution in [0.25, 0.3) is 0 Å². The predicted octanol–water partition coefficient (Wildman–Crippen LogP) is 2.37. The molecule has 0 spiro atoms. The second-order valence-corrected chi connectivity index (χ2v) is 7.79. The second kappa shape index (κ2) is 8.59. The van der Waals surface area contributed by atoms with Crippen LogP contribution < -0.4 is 4.90 Å². The molecule has 0 aromatic heterocycles. The summed E-state index contributed by atoms with van der Waals surface area (Å²) in [5, 5.41) is 0. The van der Waals surface area contributed by atoms with E-state index >= 15 is 0 Å². The number of hydrogen-bond donors (Lipinski definition) is 0. The van der Waals surface area contributed by atoms with Gasteiger partial charge >= 0.3 is 0 Å². The van der Waals surface area contributed by atoms with Crippen molar-refractivity contribution in [2.24, 2.45) is 5.92 Å². The van der Waals surface area contributed by atoms with Gasteiger partial charge in [0.15, 0.2) is 0 Å². The highest BCUT2D eigenvalue weighted by molar-refractivity contribution is 5.95. The van der Waals surface area contributed by atoms with E-state index in [9.17, 15) is 14.4 Å². The van der Waals surface area contributed by atoms with Gasteiger partial charge in [0.05, 0.1) is 0 Å². The minimum atomic E-state index is -0.0704. The molecule has 6 heteroatoms. The van der Waals surface area contributed by atoms with Crippen LogP contribution in [-0.2, 0) is 27.3 Å². The Morgan fingerprint density at radius 1 is 1.25 bits per heavy atom. The molecule has 3 rings (SSSR count). The van der Waals surface area contributed by atoms with Crippen LogP contribution in [0.15, 0.2) is 30.9 Å². The normalized spacial score (nSPS) is 17.3. The van der Waals surface area contributed by atoms with Crippen molar-refractivity contribution in [3.05, 3.63) is 42.0 Å². The third-order valence-electron chi connectivity index (χ3n) is 5.89. The number of anilines is 1. The van der Waals surface area contributed by atoms with Crippen molar-refractivity contribution in [2.75, 3.05) is 31.6 Å². The maximum atomic E-state index is 12.4. The van der Waals surface area contributed by atoms with E-state index in [4.69, 9.17) is 0 Å².